The molecule has 1 aromatic heterocycles. The fourth-order valence-corrected chi connectivity index (χ4v) is 7.22. The van der Waals surface area contributed by atoms with E-state index in [2.05, 4.69) is 133 Å². The lowest BCUT2D eigenvalue weighted by atomic mass is 9.85. The summed E-state index contributed by atoms with van der Waals surface area (Å²) in [6.07, 6.45) is 14.1. The molecule has 7 aromatic rings. The van der Waals surface area contributed by atoms with Gasteiger partial charge in [-0.2, -0.15) is 5.26 Å². The minimum absolute atomic E-state index is 0.642. The van der Waals surface area contributed by atoms with Gasteiger partial charge in [0.05, 0.1) is 11.6 Å². The predicted molar refractivity (Wildman–Crippen MR) is 212 cm³/mol. The largest absolute Gasteiger partial charge is 0.456 e. The Morgan fingerprint density at radius 3 is 1.98 bits per heavy atom. The van der Waals surface area contributed by atoms with Crippen molar-refractivity contribution in [2.45, 2.75) is 6.42 Å². The van der Waals surface area contributed by atoms with Gasteiger partial charge in [-0.15, -0.1) is 0 Å². The normalized spacial score (nSPS) is 16.2. The van der Waals surface area contributed by atoms with Gasteiger partial charge >= 0.3 is 0 Å². The second-order valence-electron chi connectivity index (χ2n) is 13.1. The Kier molecular flexibility index (Phi) is 7.42. The summed E-state index contributed by atoms with van der Waals surface area (Å²) in [6.45, 7) is 4.41. The van der Waals surface area contributed by atoms with E-state index in [0.717, 1.165) is 67.7 Å². The Morgan fingerprint density at radius 2 is 1.22 bits per heavy atom. The number of rotatable bonds is 5. The molecule has 2 bridgehead atoms. The van der Waals surface area contributed by atoms with E-state index in [1.807, 2.05) is 54.6 Å². The van der Waals surface area contributed by atoms with Crippen LogP contribution in [0.2, 0.25) is 0 Å². The molecular weight excluding hydrogens is 621 g/mol. The standard InChI is InChI=1S/C48H32N2O/c1-32-11-15-37-28-40(35-17-22-43(23-18-35)50(41-7-3-2-4-8-41)42-20-13-33(31-49)14-21-42)29-38-16-12-34(27-46(37)38)26-39(25-32)36-19-24-45-44-9-5-6-10-47(44)51-48(45)30-36/h2-26,28-30H,1,27H2/b15-11-,34-26-,39-25+. The molecule has 1 heterocycles. The quantitative estimate of drug-likeness (QED) is 0.186. The van der Waals surface area contributed by atoms with Gasteiger partial charge in [0.25, 0.3) is 0 Å². The van der Waals surface area contributed by atoms with Crippen molar-refractivity contribution in [2.75, 3.05) is 4.90 Å². The summed E-state index contributed by atoms with van der Waals surface area (Å²) < 4.78 is 6.22. The summed E-state index contributed by atoms with van der Waals surface area (Å²) in [6, 6.07) is 48.3. The highest BCUT2D eigenvalue weighted by Gasteiger charge is 2.18. The van der Waals surface area contributed by atoms with Crippen LogP contribution in [0.25, 0.3) is 50.8 Å². The Morgan fingerprint density at radius 1 is 0.569 bits per heavy atom. The van der Waals surface area contributed by atoms with Gasteiger partial charge in [-0.25, -0.2) is 0 Å². The summed E-state index contributed by atoms with van der Waals surface area (Å²) in [4.78, 5) is 2.21. The molecule has 2 aliphatic carbocycles. The van der Waals surface area contributed by atoms with Gasteiger partial charge in [0, 0.05) is 27.8 Å². The molecule has 3 heteroatoms. The lowest BCUT2D eigenvalue weighted by molar-refractivity contribution is 0.669. The topological polar surface area (TPSA) is 40.2 Å². The zero-order chi connectivity index (χ0) is 34.3. The highest BCUT2D eigenvalue weighted by atomic mass is 16.3. The molecule has 0 aliphatic heterocycles. The smallest absolute Gasteiger partial charge is 0.136 e. The molecule has 51 heavy (non-hydrogen) atoms. The Bertz CT molecular complexity index is 2660. The molecule has 2 aliphatic rings. The van der Waals surface area contributed by atoms with Gasteiger partial charge in [-0.1, -0.05) is 91.6 Å². The number of hydrogen-bond acceptors (Lipinski definition) is 3. The van der Waals surface area contributed by atoms with E-state index in [1.54, 1.807) is 0 Å². The third-order valence-electron chi connectivity index (χ3n) is 9.78. The number of nitrogens with zero attached hydrogens (tertiary/aromatic N) is 2. The van der Waals surface area contributed by atoms with Gasteiger partial charge in [0.1, 0.15) is 11.2 Å². The summed E-state index contributed by atoms with van der Waals surface area (Å²) >= 11 is 0. The van der Waals surface area contributed by atoms with Gasteiger partial charge in [0.2, 0.25) is 0 Å². The maximum atomic E-state index is 9.34. The van der Waals surface area contributed by atoms with Crippen molar-refractivity contribution in [1.29, 1.82) is 5.26 Å². The van der Waals surface area contributed by atoms with Crippen molar-refractivity contribution in [1.82, 2.24) is 0 Å². The maximum Gasteiger partial charge on any atom is 0.136 e. The van der Waals surface area contributed by atoms with Crippen LogP contribution in [-0.4, -0.2) is 0 Å². The number of anilines is 3. The molecule has 0 fully saturated rings. The molecule has 0 saturated heterocycles. The predicted octanol–water partition coefficient (Wildman–Crippen LogP) is 12.8. The Balaban J connectivity index is 1.05. The first-order valence-electron chi connectivity index (χ1n) is 17.1. The number of nitriles is 1. The molecule has 0 N–H and O–H groups in total. The summed E-state index contributed by atoms with van der Waals surface area (Å²) in [5.41, 5.74) is 16.0. The minimum Gasteiger partial charge on any atom is -0.456 e. The maximum absolute atomic E-state index is 9.34. The second kappa shape index (κ2) is 12.5. The summed E-state index contributed by atoms with van der Waals surface area (Å²) in [7, 11) is 0. The molecule has 0 spiro atoms. The number of benzene rings is 6. The molecule has 0 atom stereocenters. The zero-order valence-corrected chi connectivity index (χ0v) is 27.9. The average Bonchev–Trinajstić information content (AvgIpc) is 3.56. The Hall–Kier alpha value is -6.89. The van der Waals surface area contributed by atoms with E-state index < -0.39 is 0 Å². The number of furan rings is 1. The van der Waals surface area contributed by atoms with Crippen molar-refractivity contribution in [3.63, 3.8) is 0 Å². The van der Waals surface area contributed by atoms with Crippen LogP contribution in [-0.2, 0) is 6.42 Å². The van der Waals surface area contributed by atoms with Gasteiger partial charge in [0.15, 0.2) is 0 Å². The van der Waals surface area contributed by atoms with Gasteiger partial charge in [-0.3, -0.25) is 0 Å². The molecule has 0 amide bonds. The Labute approximate surface area is 297 Å². The second-order valence-corrected chi connectivity index (χ2v) is 13.1. The highest BCUT2D eigenvalue weighted by Crippen LogP contribution is 2.39. The van der Waals surface area contributed by atoms with Gasteiger partial charge < -0.3 is 9.32 Å². The molecule has 240 valence electrons. The number of fused-ring (bicyclic) bond motifs is 4. The van der Waals surface area contributed by atoms with Crippen LogP contribution in [0.1, 0.15) is 27.8 Å². The number of para-hydroxylation sites is 2. The van der Waals surface area contributed by atoms with E-state index in [9.17, 15) is 5.26 Å². The molecule has 0 unspecified atom stereocenters. The first-order valence-corrected chi connectivity index (χ1v) is 17.1. The van der Waals surface area contributed by atoms with Crippen LogP contribution >= 0.6 is 0 Å². The van der Waals surface area contributed by atoms with Crippen molar-refractivity contribution in [2.24, 2.45) is 0 Å². The van der Waals surface area contributed by atoms with Crippen molar-refractivity contribution in [3.8, 4) is 17.2 Å². The highest BCUT2D eigenvalue weighted by molar-refractivity contribution is 6.05. The molecule has 3 nitrogen and oxygen atoms in total. The lowest BCUT2D eigenvalue weighted by Gasteiger charge is -2.25. The minimum atomic E-state index is 0.642. The van der Waals surface area contributed by atoms with E-state index in [4.69, 9.17) is 4.42 Å². The molecule has 0 radical (unpaired) electrons. The molecule has 9 rings (SSSR count). The van der Waals surface area contributed by atoms with E-state index in [-0.39, 0.29) is 0 Å². The number of hydrogen-bond donors (Lipinski definition) is 0. The van der Waals surface area contributed by atoms with Crippen LogP contribution in [0.15, 0.2) is 180 Å². The van der Waals surface area contributed by atoms with Crippen molar-refractivity contribution in [3.05, 3.63) is 203 Å². The van der Waals surface area contributed by atoms with E-state index in [1.165, 1.54) is 27.8 Å². The molecular formula is C48H32N2O. The first-order chi connectivity index (χ1) is 25.1. The first kappa shape index (κ1) is 30.2. The van der Waals surface area contributed by atoms with Crippen LogP contribution in [0, 0.1) is 11.3 Å². The monoisotopic (exact) mass is 652 g/mol. The molecule has 6 aromatic carbocycles. The number of allylic oxidation sites excluding steroid dienone is 7. The van der Waals surface area contributed by atoms with Crippen LogP contribution in [0.3, 0.4) is 0 Å². The zero-order valence-electron chi connectivity index (χ0n) is 27.9. The third kappa shape index (κ3) is 5.69. The molecule has 0 saturated carbocycles. The van der Waals surface area contributed by atoms with Crippen molar-refractivity contribution >= 4 is 56.7 Å². The van der Waals surface area contributed by atoms with Crippen molar-refractivity contribution < 1.29 is 4.42 Å². The van der Waals surface area contributed by atoms with Gasteiger partial charge in [-0.05, 0) is 141 Å². The SMILES string of the molecule is C=C1/C=C\c2cc(-c3ccc(N(c4ccccc4)c4ccc(C#N)cc4)cc3)cc3c2C/C(=C\C(c2ccc4c(c2)oc2ccccc24)=C/1)C=C3. The van der Waals surface area contributed by atoms with E-state index >= 15 is 0 Å². The lowest BCUT2D eigenvalue weighted by Crippen LogP contribution is -2.09. The fraction of sp³-hybridized carbons (Fsp3) is 0.0208. The van der Waals surface area contributed by atoms with Crippen LogP contribution in [0.5, 0.6) is 0 Å². The average molecular weight is 653 g/mol. The fourth-order valence-electron chi connectivity index (χ4n) is 7.22. The van der Waals surface area contributed by atoms with E-state index in [0.29, 0.717) is 5.56 Å². The van der Waals surface area contributed by atoms with Crippen LogP contribution in [0.4, 0.5) is 17.1 Å². The van der Waals surface area contributed by atoms with Crippen LogP contribution < -0.4 is 4.90 Å². The summed E-state index contributed by atoms with van der Waals surface area (Å²) in [5.74, 6) is 0. The summed E-state index contributed by atoms with van der Waals surface area (Å²) in [5, 5.41) is 11.6. The third-order valence-corrected chi connectivity index (χ3v) is 9.78.